The third-order valence-corrected chi connectivity index (χ3v) is 5.84. The molecule has 8 heteroatoms. The second-order valence-corrected chi connectivity index (χ2v) is 7.65. The van der Waals surface area contributed by atoms with E-state index in [-0.39, 0.29) is 5.91 Å². The lowest BCUT2D eigenvalue weighted by molar-refractivity contribution is -0.131. The summed E-state index contributed by atoms with van der Waals surface area (Å²) >= 11 is 5.91. The summed E-state index contributed by atoms with van der Waals surface area (Å²) in [6.45, 7) is 2.25. The monoisotopic (exact) mass is 398 g/mol. The number of H-pyrrole nitrogens is 1. The molecule has 2 aromatic heterocycles. The van der Waals surface area contributed by atoms with Crippen molar-refractivity contribution >= 4 is 34.4 Å². The average molecular weight is 399 g/mol. The van der Waals surface area contributed by atoms with Crippen molar-refractivity contribution in [3.05, 3.63) is 53.4 Å². The third kappa shape index (κ3) is 3.55. The maximum atomic E-state index is 12.9. The second-order valence-electron chi connectivity index (χ2n) is 7.22. The van der Waals surface area contributed by atoms with E-state index >= 15 is 0 Å². The highest BCUT2D eigenvalue weighted by atomic mass is 35.5. The number of halogens is 1. The van der Waals surface area contributed by atoms with Crippen LogP contribution in [0.2, 0.25) is 5.02 Å². The van der Waals surface area contributed by atoms with E-state index in [2.05, 4.69) is 25.2 Å². The van der Waals surface area contributed by atoms with Gasteiger partial charge in [0.05, 0.1) is 10.8 Å². The summed E-state index contributed by atoms with van der Waals surface area (Å²) in [5.74, 6) is 0.914. The van der Waals surface area contributed by atoms with Gasteiger partial charge in [0.15, 0.2) is 0 Å². The number of nitrogens with one attached hydrogen (secondary N) is 2. The van der Waals surface area contributed by atoms with Gasteiger partial charge in [-0.05, 0) is 36.6 Å². The molecule has 1 amide bonds. The summed E-state index contributed by atoms with van der Waals surface area (Å²) in [6.07, 6.45) is 4.80. The van der Waals surface area contributed by atoms with E-state index < -0.39 is 5.41 Å². The quantitative estimate of drug-likeness (QED) is 0.613. The molecule has 1 aliphatic rings. The molecule has 4 N–H and O–H groups in total. The molecule has 0 spiro atoms. The van der Waals surface area contributed by atoms with Crippen LogP contribution in [0.3, 0.4) is 0 Å². The van der Waals surface area contributed by atoms with Crippen LogP contribution < -0.4 is 16.0 Å². The lowest BCUT2D eigenvalue weighted by Gasteiger charge is -2.40. The van der Waals surface area contributed by atoms with Gasteiger partial charge in [0, 0.05) is 37.4 Å². The van der Waals surface area contributed by atoms with E-state index in [4.69, 9.17) is 17.3 Å². The molecule has 28 heavy (non-hydrogen) atoms. The largest absolute Gasteiger partial charge is 0.356 e. The van der Waals surface area contributed by atoms with Crippen LogP contribution in [0, 0.1) is 5.41 Å². The molecule has 3 aromatic rings. The summed E-state index contributed by atoms with van der Waals surface area (Å²) in [6, 6.07) is 9.46. The molecule has 0 atom stereocenters. The van der Waals surface area contributed by atoms with Gasteiger partial charge in [0.25, 0.3) is 0 Å². The number of benzene rings is 1. The number of carbonyl (C=O) groups excluding carboxylic acids is 1. The van der Waals surface area contributed by atoms with Crippen molar-refractivity contribution in [2.24, 2.45) is 11.1 Å². The fourth-order valence-electron chi connectivity index (χ4n) is 3.75. The molecule has 4 rings (SSSR count). The summed E-state index contributed by atoms with van der Waals surface area (Å²) in [7, 11) is 0. The molecule has 0 aliphatic carbocycles. The van der Waals surface area contributed by atoms with Gasteiger partial charge in [-0.2, -0.15) is 0 Å². The van der Waals surface area contributed by atoms with E-state index in [1.165, 1.54) is 0 Å². The van der Waals surface area contributed by atoms with Gasteiger partial charge < -0.3 is 20.9 Å². The number of rotatable bonds is 5. The number of fused-ring (bicyclic) bond motifs is 1. The number of amides is 1. The summed E-state index contributed by atoms with van der Waals surface area (Å²) in [4.78, 5) is 27.0. The summed E-state index contributed by atoms with van der Waals surface area (Å²) in [5, 5.41) is 4.73. The van der Waals surface area contributed by atoms with Gasteiger partial charge >= 0.3 is 0 Å². The Bertz CT molecular complexity index is 962. The topological polar surface area (TPSA) is 99.9 Å². The molecular formula is C20H23ClN6O. The molecule has 0 bridgehead atoms. The predicted octanol–water partition coefficient (Wildman–Crippen LogP) is 2.47. The number of aromatic amines is 1. The minimum absolute atomic E-state index is 0.0130. The molecule has 1 aliphatic heterocycles. The molecule has 0 saturated carbocycles. The van der Waals surface area contributed by atoms with Gasteiger partial charge in [0.2, 0.25) is 5.91 Å². The minimum Gasteiger partial charge on any atom is -0.356 e. The Morgan fingerprint density at radius 2 is 1.96 bits per heavy atom. The van der Waals surface area contributed by atoms with Crippen molar-refractivity contribution in [1.82, 2.24) is 20.3 Å². The Kier molecular flexibility index (Phi) is 5.19. The van der Waals surface area contributed by atoms with Gasteiger partial charge in [-0.1, -0.05) is 23.7 Å². The highest BCUT2D eigenvalue weighted by Gasteiger charge is 2.40. The molecule has 146 valence electrons. The maximum Gasteiger partial charge on any atom is 0.227 e. The highest BCUT2D eigenvalue weighted by molar-refractivity contribution is 6.30. The van der Waals surface area contributed by atoms with E-state index in [9.17, 15) is 4.79 Å². The van der Waals surface area contributed by atoms with Gasteiger partial charge in [-0.25, -0.2) is 9.97 Å². The normalized spacial score (nSPS) is 16.3. The second kappa shape index (κ2) is 7.77. The molecule has 1 aromatic carbocycles. The predicted molar refractivity (Wildman–Crippen MR) is 110 cm³/mol. The van der Waals surface area contributed by atoms with Crippen LogP contribution in [0.1, 0.15) is 18.4 Å². The first-order valence-corrected chi connectivity index (χ1v) is 9.75. The number of piperidine rings is 1. The first kappa shape index (κ1) is 18.7. The average Bonchev–Trinajstić information content (AvgIpc) is 3.22. The van der Waals surface area contributed by atoms with E-state index in [1.54, 1.807) is 6.33 Å². The van der Waals surface area contributed by atoms with Crippen molar-refractivity contribution in [1.29, 1.82) is 0 Å². The Morgan fingerprint density at radius 3 is 2.68 bits per heavy atom. The number of carbonyl (C=O) groups is 1. The van der Waals surface area contributed by atoms with Crippen molar-refractivity contribution in [2.45, 2.75) is 19.4 Å². The van der Waals surface area contributed by atoms with E-state index in [1.807, 2.05) is 36.5 Å². The number of hydrogen-bond acceptors (Lipinski definition) is 5. The van der Waals surface area contributed by atoms with Gasteiger partial charge in [-0.15, -0.1) is 0 Å². The fourth-order valence-corrected chi connectivity index (χ4v) is 3.88. The summed E-state index contributed by atoms with van der Waals surface area (Å²) in [5.41, 5.74) is 7.34. The van der Waals surface area contributed by atoms with Crippen LogP contribution in [0.5, 0.6) is 0 Å². The van der Waals surface area contributed by atoms with Crippen LogP contribution in [0.25, 0.3) is 11.0 Å². The number of anilines is 1. The number of nitrogens with zero attached hydrogens (tertiary/aromatic N) is 3. The molecule has 0 radical (unpaired) electrons. The molecular weight excluding hydrogens is 376 g/mol. The minimum atomic E-state index is -0.548. The van der Waals surface area contributed by atoms with E-state index in [0.717, 1.165) is 35.5 Å². The van der Waals surface area contributed by atoms with Crippen LogP contribution in [-0.2, 0) is 11.3 Å². The number of hydrogen-bond donors (Lipinski definition) is 3. The Labute approximate surface area is 168 Å². The smallest absolute Gasteiger partial charge is 0.227 e. The zero-order valence-electron chi connectivity index (χ0n) is 15.5. The lowest BCUT2D eigenvalue weighted by atomic mass is 9.77. The Balaban J connectivity index is 1.42. The van der Waals surface area contributed by atoms with E-state index in [0.29, 0.717) is 31.0 Å². The zero-order valence-corrected chi connectivity index (χ0v) is 16.2. The van der Waals surface area contributed by atoms with Crippen molar-refractivity contribution in [2.75, 3.05) is 24.5 Å². The Hall–Kier alpha value is -2.64. The SMILES string of the molecule is NCC1(C(=O)NCc2ccc(Cl)cc2)CCN(c2ncnc3[nH]ccc23)CC1. The van der Waals surface area contributed by atoms with Crippen molar-refractivity contribution in [3.8, 4) is 0 Å². The summed E-state index contributed by atoms with van der Waals surface area (Å²) < 4.78 is 0. The highest BCUT2D eigenvalue weighted by Crippen LogP contribution is 2.34. The molecule has 1 fully saturated rings. The van der Waals surface area contributed by atoms with Gasteiger partial charge in [0.1, 0.15) is 17.8 Å². The number of nitrogens with two attached hydrogens (primary N) is 1. The molecule has 1 saturated heterocycles. The lowest BCUT2D eigenvalue weighted by Crippen LogP contribution is -2.52. The van der Waals surface area contributed by atoms with Crippen LogP contribution in [-0.4, -0.2) is 40.5 Å². The van der Waals surface area contributed by atoms with Crippen LogP contribution >= 0.6 is 11.6 Å². The van der Waals surface area contributed by atoms with Crippen molar-refractivity contribution in [3.63, 3.8) is 0 Å². The Morgan fingerprint density at radius 1 is 1.21 bits per heavy atom. The van der Waals surface area contributed by atoms with Crippen LogP contribution in [0.15, 0.2) is 42.9 Å². The van der Waals surface area contributed by atoms with Gasteiger partial charge in [-0.3, -0.25) is 4.79 Å². The number of aromatic nitrogens is 3. The van der Waals surface area contributed by atoms with Crippen molar-refractivity contribution < 1.29 is 4.79 Å². The third-order valence-electron chi connectivity index (χ3n) is 5.59. The standard InChI is InChI=1S/C20H23ClN6O/c21-15-3-1-14(2-4-15)11-24-19(28)20(12-22)6-9-27(10-7-20)18-16-5-8-23-17(16)25-13-26-18/h1-5,8,13H,6-7,9-12,22H2,(H,24,28)(H,23,25,26). The molecule has 3 heterocycles. The molecule has 7 nitrogen and oxygen atoms in total. The first-order valence-electron chi connectivity index (χ1n) is 9.37. The zero-order chi connectivity index (χ0) is 19.6. The molecule has 0 unspecified atom stereocenters. The van der Waals surface area contributed by atoms with Crippen LogP contribution in [0.4, 0.5) is 5.82 Å². The fraction of sp³-hybridized carbons (Fsp3) is 0.350. The maximum absolute atomic E-state index is 12.9. The first-order chi connectivity index (χ1) is 13.6.